The van der Waals surface area contributed by atoms with Crippen LogP contribution in [0.1, 0.15) is 62.5 Å². The molecule has 3 aromatic carbocycles. The van der Waals surface area contributed by atoms with Gasteiger partial charge in [0.05, 0.1) is 21.5 Å². The van der Waals surface area contributed by atoms with Crippen LogP contribution >= 0.6 is 11.6 Å². The van der Waals surface area contributed by atoms with Gasteiger partial charge in [-0.1, -0.05) is 73.7 Å². The number of hydrogen-bond acceptors (Lipinski definition) is 2. The van der Waals surface area contributed by atoms with Gasteiger partial charge in [-0.25, -0.2) is 8.78 Å². The van der Waals surface area contributed by atoms with E-state index in [4.69, 9.17) is 11.6 Å². The lowest BCUT2D eigenvalue weighted by atomic mass is 9.77. The molecule has 0 heterocycles. The molecule has 2 amide bonds. The highest BCUT2D eigenvalue weighted by Crippen LogP contribution is 2.45. The second-order valence-corrected chi connectivity index (χ2v) is 10.5. The molecular weight excluding hydrogens is 494 g/mol. The summed E-state index contributed by atoms with van der Waals surface area (Å²) in [6.07, 6.45) is 5.62. The van der Waals surface area contributed by atoms with Crippen LogP contribution in [-0.2, 0) is 20.4 Å². The number of hydrogen-bond donors (Lipinski definition) is 2. The molecule has 7 heteroatoms. The molecular formula is C30H29ClF2N2O2. The maximum Gasteiger partial charge on any atom is 0.235 e. The largest absolute Gasteiger partial charge is 0.325 e. The minimum atomic E-state index is -0.948. The molecule has 0 unspecified atom stereocenters. The minimum Gasteiger partial charge on any atom is -0.325 e. The highest BCUT2D eigenvalue weighted by Gasteiger charge is 2.45. The van der Waals surface area contributed by atoms with Crippen molar-refractivity contribution in [2.24, 2.45) is 0 Å². The summed E-state index contributed by atoms with van der Waals surface area (Å²) in [6, 6.07) is 17.7. The van der Waals surface area contributed by atoms with Gasteiger partial charge in [-0.15, -0.1) is 0 Å². The molecule has 3 aromatic rings. The first-order valence-corrected chi connectivity index (χ1v) is 13.2. The van der Waals surface area contributed by atoms with Crippen molar-refractivity contribution in [3.8, 4) is 0 Å². The number of nitrogens with one attached hydrogen (secondary N) is 2. The molecule has 0 bridgehead atoms. The summed E-state index contributed by atoms with van der Waals surface area (Å²) in [5.74, 6) is -1.34. The van der Waals surface area contributed by atoms with E-state index in [1.54, 1.807) is 54.6 Å². The van der Waals surface area contributed by atoms with Gasteiger partial charge in [0.25, 0.3) is 0 Å². The number of halogens is 3. The predicted molar refractivity (Wildman–Crippen MR) is 142 cm³/mol. The van der Waals surface area contributed by atoms with Crippen molar-refractivity contribution < 1.29 is 18.4 Å². The normalized spacial score (nSPS) is 17.9. The first-order chi connectivity index (χ1) is 17.9. The molecule has 2 fully saturated rings. The Morgan fingerprint density at radius 1 is 0.676 bits per heavy atom. The van der Waals surface area contributed by atoms with Gasteiger partial charge in [0.1, 0.15) is 11.6 Å². The van der Waals surface area contributed by atoms with E-state index in [1.807, 2.05) is 0 Å². The predicted octanol–water partition coefficient (Wildman–Crippen LogP) is 7.52. The molecule has 0 radical (unpaired) electrons. The van der Waals surface area contributed by atoms with E-state index >= 15 is 0 Å². The Balaban J connectivity index is 1.36. The first-order valence-electron chi connectivity index (χ1n) is 12.8. The Morgan fingerprint density at radius 2 is 1.14 bits per heavy atom. The Morgan fingerprint density at radius 3 is 1.59 bits per heavy atom. The summed E-state index contributed by atoms with van der Waals surface area (Å²) in [7, 11) is 0. The van der Waals surface area contributed by atoms with Gasteiger partial charge in [0, 0.05) is 16.8 Å². The third-order valence-corrected chi connectivity index (χ3v) is 8.35. The lowest BCUT2D eigenvalue weighted by molar-refractivity contribution is -0.122. The van der Waals surface area contributed by atoms with Crippen LogP contribution in [0.3, 0.4) is 0 Å². The van der Waals surface area contributed by atoms with Crippen molar-refractivity contribution >= 4 is 34.8 Å². The molecule has 0 saturated heterocycles. The summed E-state index contributed by atoms with van der Waals surface area (Å²) in [5, 5.41) is 6.06. The number of benzene rings is 3. The van der Waals surface area contributed by atoms with Crippen molar-refractivity contribution in [2.75, 3.05) is 10.6 Å². The summed E-state index contributed by atoms with van der Waals surface area (Å²) in [5.41, 5.74) is -0.220. The van der Waals surface area contributed by atoms with Crippen LogP contribution in [0.4, 0.5) is 20.2 Å². The fourth-order valence-electron chi connectivity index (χ4n) is 6.08. The number of carbonyl (C=O) groups excluding carboxylic acids is 2. The smallest absolute Gasteiger partial charge is 0.235 e. The number of rotatable bonds is 6. The van der Waals surface area contributed by atoms with E-state index in [9.17, 15) is 18.4 Å². The van der Waals surface area contributed by atoms with Crippen LogP contribution in [0, 0.1) is 11.6 Å². The van der Waals surface area contributed by atoms with E-state index in [-0.39, 0.29) is 28.5 Å². The Bertz CT molecular complexity index is 1330. The maximum absolute atomic E-state index is 14.7. The minimum absolute atomic E-state index is 0.249. The second kappa shape index (κ2) is 10.3. The molecule has 0 aliphatic heterocycles. The van der Waals surface area contributed by atoms with Crippen LogP contribution < -0.4 is 10.6 Å². The quantitative estimate of drug-likeness (QED) is 0.352. The SMILES string of the molecule is O=C(Nc1ccc(NC(=O)C2(c3ccccc3F)CCCC2)c(Cl)c1)C1(c2ccccc2F)CCCC1. The van der Waals surface area contributed by atoms with Crippen molar-refractivity contribution in [3.63, 3.8) is 0 Å². The van der Waals surface area contributed by atoms with Gasteiger partial charge in [-0.3, -0.25) is 9.59 Å². The van der Waals surface area contributed by atoms with Crippen molar-refractivity contribution in [1.29, 1.82) is 0 Å². The van der Waals surface area contributed by atoms with Crippen LogP contribution in [-0.4, -0.2) is 11.8 Å². The average molecular weight is 523 g/mol. The summed E-state index contributed by atoms with van der Waals surface area (Å²) >= 11 is 6.52. The van der Waals surface area contributed by atoms with Crippen LogP contribution in [0.15, 0.2) is 66.7 Å². The average Bonchev–Trinajstić information content (AvgIpc) is 3.58. The summed E-state index contributed by atoms with van der Waals surface area (Å²) < 4.78 is 29.3. The van der Waals surface area contributed by atoms with Crippen LogP contribution in [0.25, 0.3) is 0 Å². The van der Waals surface area contributed by atoms with Crippen LogP contribution in [0.2, 0.25) is 5.02 Å². The van der Waals surface area contributed by atoms with E-state index in [2.05, 4.69) is 10.6 Å². The lowest BCUT2D eigenvalue weighted by Gasteiger charge is -2.29. The maximum atomic E-state index is 14.7. The van der Waals surface area contributed by atoms with Gasteiger partial charge in [-0.2, -0.15) is 0 Å². The molecule has 37 heavy (non-hydrogen) atoms. The standard InChI is InChI=1S/C30H29ClF2N2O2/c31-23-19-20(34-27(36)29(15-5-6-16-29)21-9-1-3-11-24(21)32)13-14-26(23)35-28(37)30(17-7-8-18-30)22-10-2-4-12-25(22)33/h1-4,9-14,19H,5-8,15-18H2,(H,34,36)(H,35,37). The fourth-order valence-corrected chi connectivity index (χ4v) is 6.31. The highest BCUT2D eigenvalue weighted by molar-refractivity contribution is 6.34. The zero-order chi connectivity index (χ0) is 26.0. The molecule has 4 nitrogen and oxygen atoms in total. The van der Waals surface area contributed by atoms with E-state index in [0.29, 0.717) is 48.2 Å². The molecule has 192 valence electrons. The zero-order valence-electron chi connectivity index (χ0n) is 20.5. The van der Waals surface area contributed by atoms with Gasteiger partial charge >= 0.3 is 0 Å². The monoisotopic (exact) mass is 522 g/mol. The third-order valence-electron chi connectivity index (χ3n) is 8.04. The topological polar surface area (TPSA) is 58.2 Å². The molecule has 2 N–H and O–H groups in total. The number of anilines is 2. The molecule has 2 aliphatic carbocycles. The lowest BCUT2D eigenvalue weighted by Crippen LogP contribution is -2.39. The van der Waals surface area contributed by atoms with Crippen molar-refractivity contribution in [2.45, 2.75) is 62.2 Å². The Labute approximate surface area is 220 Å². The molecule has 0 spiro atoms. The fraction of sp³-hybridized carbons (Fsp3) is 0.333. The summed E-state index contributed by atoms with van der Waals surface area (Å²) in [6.45, 7) is 0. The third kappa shape index (κ3) is 4.63. The molecule has 2 saturated carbocycles. The Hall–Kier alpha value is -3.25. The first kappa shape index (κ1) is 25.4. The molecule has 0 aromatic heterocycles. The Kier molecular flexibility index (Phi) is 7.04. The van der Waals surface area contributed by atoms with Gasteiger partial charge in [0.15, 0.2) is 0 Å². The van der Waals surface area contributed by atoms with Gasteiger partial charge in [-0.05, 0) is 56.0 Å². The summed E-state index contributed by atoms with van der Waals surface area (Å²) in [4.78, 5) is 26.9. The molecule has 0 atom stereocenters. The van der Waals surface area contributed by atoms with Gasteiger partial charge in [0.2, 0.25) is 11.8 Å². The number of amides is 2. The van der Waals surface area contributed by atoms with Gasteiger partial charge < -0.3 is 10.6 Å². The highest BCUT2D eigenvalue weighted by atomic mass is 35.5. The molecule has 2 aliphatic rings. The van der Waals surface area contributed by atoms with E-state index in [1.165, 1.54) is 12.1 Å². The van der Waals surface area contributed by atoms with Crippen molar-refractivity contribution in [3.05, 3.63) is 94.5 Å². The number of carbonyl (C=O) groups is 2. The zero-order valence-corrected chi connectivity index (χ0v) is 21.2. The molecule has 5 rings (SSSR count). The van der Waals surface area contributed by atoms with Crippen molar-refractivity contribution in [1.82, 2.24) is 0 Å². The van der Waals surface area contributed by atoms with E-state index < -0.39 is 10.8 Å². The van der Waals surface area contributed by atoms with E-state index in [0.717, 1.165) is 25.7 Å². The second-order valence-electron chi connectivity index (χ2n) is 10.1. The van der Waals surface area contributed by atoms with Crippen LogP contribution in [0.5, 0.6) is 0 Å².